The van der Waals surface area contributed by atoms with Gasteiger partial charge in [-0.15, -0.1) is 0 Å². The molecule has 0 aliphatic carbocycles. The van der Waals surface area contributed by atoms with Crippen molar-refractivity contribution in [1.29, 1.82) is 0 Å². The number of hydrogen-bond acceptors (Lipinski definition) is 4. The van der Waals surface area contributed by atoms with Crippen LogP contribution in [-0.4, -0.2) is 32.9 Å². The molecule has 0 unspecified atom stereocenters. The van der Waals surface area contributed by atoms with Crippen molar-refractivity contribution in [1.82, 2.24) is 10.3 Å². The minimum absolute atomic E-state index is 0.0469. The van der Waals surface area contributed by atoms with Gasteiger partial charge in [0.15, 0.2) is 0 Å². The molecule has 134 valence electrons. The molecular weight excluding hydrogens is 357 g/mol. The van der Waals surface area contributed by atoms with Crippen LogP contribution in [0.25, 0.3) is 10.8 Å². The number of pyridine rings is 1. The molecule has 3 rings (SSSR count). The number of likely N-dealkylation sites (N-methyl/N-ethyl adjacent to an activating group) is 1. The zero-order valence-corrected chi connectivity index (χ0v) is 14.7. The van der Waals surface area contributed by atoms with Crippen LogP contribution in [-0.2, 0) is 14.8 Å². The summed E-state index contributed by atoms with van der Waals surface area (Å²) in [5.74, 6) is -0.984. The van der Waals surface area contributed by atoms with E-state index in [0.29, 0.717) is 10.8 Å². The molecule has 0 bridgehead atoms. The molecule has 3 aromatic rings. The number of anilines is 1. The van der Waals surface area contributed by atoms with Gasteiger partial charge < -0.3 is 5.32 Å². The average Bonchev–Trinajstić information content (AvgIpc) is 2.66. The Bertz CT molecular complexity index is 1050. The Balaban J connectivity index is 2.17. The maximum absolute atomic E-state index is 13.3. The molecule has 0 fully saturated rings. The third-order valence-electron chi connectivity index (χ3n) is 3.89. The quantitative estimate of drug-likeness (QED) is 0.744. The second-order valence-electron chi connectivity index (χ2n) is 5.51. The van der Waals surface area contributed by atoms with Gasteiger partial charge >= 0.3 is 0 Å². The largest absolute Gasteiger partial charge is 0.358 e. The Hall–Kier alpha value is -3.00. The fourth-order valence-electron chi connectivity index (χ4n) is 2.57. The van der Waals surface area contributed by atoms with Crippen LogP contribution in [0.5, 0.6) is 0 Å². The lowest BCUT2D eigenvalue weighted by molar-refractivity contribution is -0.119. The highest BCUT2D eigenvalue weighted by Gasteiger charge is 2.28. The number of nitrogens with one attached hydrogen (secondary N) is 1. The fourth-order valence-corrected chi connectivity index (χ4v) is 4.21. The van der Waals surface area contributed by atoms with E-state index in [2.05, 4.69) is 10.3 Å². The lowest BCUT2D eigenvalue weighted by Crippen LogP contribution is -2.39. The zero-order chi connectivity index (χ0) is 18.7. The van der Waals surface area contributed by atoms with Gasteiger partial charge in [0.1, 0.15) is 12.4 Å². The normalized spacial score (nSPS) is 11.3. The monoisotopic (exact) mass is 373 g/mol. The predicted octanol–water partition coefficient (Wildman–Crippen LogP) is 2.32. The summed E-state index contributed by atoms with van der Waals surface area (Å²) in [7, 11) is -2.66. The highest BCUT2D eigenvalue weighted by atomic mass is 32.2. The molecule has 0 spiro atoms. The van der Waals surface area contributed by atoms with E-state index in [4.69, 9.17) is 0 Å². The first-order valence-electron chi connectivity index (χ1n) is 7.75. The smallest absolute Gasteiger partial charge is 0.265 e. The standard InChI is InChI=1S/C18H16FN3O3S/c1-20-18(23)12-22(15-7-5-14(19)6-8-15)26(24,25)17-4-2-3-13-11-21-10-9-16(13)17/h2-11H,12H2,1H3,(H,20,23). The molecule has 2 aromatic carbocycles. The van der Waals surface area contributed by atoms with Crippen LogP contribution in [0.15, 0.2) is 65.8 Å². The predicted molar refractivity (Wildman–Crippen MR) is 96.7 cm³/mol. The fraction of sp³-hybridized carbons (Fsp3) is 0.111. The number of benzene rings is 2. The molecule has 8 heteroatoms. The molecule has 26 heavy (non-hydrogen) atoms. The molecule has 0 aliphatic rings. The average molecular weight is 373 g/mol. The van der Waals surface area contributed by atoms with Crippen LogP contribution in [0, 0.1) is 5.82 Å². The minimum Gasteiger partial charge on any atom is -0.358 e. The van der Waals surface area contributed by atoms with E-state index in [1.54, 1.807) is 24.4 Å². The van der Waals surface area contributed by atoms with E-state index in [1.165, 1.54) is 31.4 Å². The molecule has 0 radical (unpaired) electrons. The van der Waals surface area contributed by atoms with Gasteiger partial charge in [0.05, 0.1) is 10.6 Å². The van der Waals surface area contributed by atoms with Gasteiger partial charge in [0.2, 0.25) is 5.91 Å². The summed E-state index contributed by atoms with van der Waals surface area (Å²) in [6.45, 7) is -0.425. The summed E-state index contributed by atoms with van der Waals surface area (Å²) in [5, 5.41) is 3.56. The van der Waals surface area contributed by atoms with Crippen LogP contribution in [0.1, 0.15) is 0 Å². The van der Waals surface area contributed by atoms with Gasteiger partial charge in [-0.05, 0) is 36.4 Å². The minimum atomic E-state index is -4.08. The Morgan fingerprint density at radius 1 is 1.15 bits per heavy atom. The second kappa shape index (κ2) is 7.09. The SMILES string of the molecule is CNC(=O)CN(c1ccc(F)cc1)S(=O)(=O)c1cccc2cnccc12. The van der Waals surface area contributed by atoms with E-state index in [-0.39, 0.29) is 10.6 Å². The second-order valence-corrected chi connectivity index (χ2v) is 7.34. The summed E-state index contributed by atoms with van der Waals surface area (Å²) in [6.07, 6.45) is 3.07. The van der Waals surface area contributed by atoms with Crippen LogP contribution in [0.2, 0.25) is 0 Å². The topological polar surface area (TPSA) is 79.4 Å². The number of carbonyl (C=O) groups is 1. The number of amides is 1. The highest BCUT2D eigenvalue weighted by Crippen LogP contribution is 2.28. The van der Waals surface area contributed by atoms with Crippen LogP contribution in [0.3, 0.4) is 0 Å². The van der Waals surface area contributed by atoms with Gasteiger partial charge in [-0.1, -0.05) is 12.1 Å². The van der Waals surface area contributed by atoms with Crippen molar-refractivity contribution < 1.29 is 17.6 Å². The van der Waals surface area contributed by atoms with E-state index >= 15 is 0 Å². The van der Waals surface area contributed by atoms with Crippen molar-refractivity contribution in [2.24, 2.45) is 0 Å². The third-order valence-corrected chi connectivity index (χ3v) is 5.72. The molecule has 0 saturated carbocycles. The zero-order valence-electron chi connectivity index (χ0n) is 13.9. The van der Waals surface area contributed by atoms with Gasteiger partial charge in [0, 0.05) is 30.2 Å². The molecule has 1 aromatic heterocycles. The highest BCUT2D eigenvalue weighted by molar-refractivity contribution is 7.93. The third kappa shape index (κ3) is 3.36. The molecule has 0 atom stereocenters. The number of sulfonamides is 1. The van der Waals surface area contributed by atoms with Crippen molar-refractivity contribution in [2.45, 2.75) is 4.90 Å². The lowest BCUT2D eigenvalue weighted by atomic mass is 10.2. The lowest BCUT2D eigenvalue weighted by Gasteiger charge is -2.24. The summed E-state index contributed by atoms with van der Waals surface area (Å²) in [5.41, 5.74) is 0.195. The first kappa shape index (κ1) is 17.8. The summed E-state index contributed by atoms with van der Waals surface area (Å²) >= 11 is 0. The summed E-state index contributed by atoms with van der Waals surface area (Å²) in [4.78, 5) is 15.9. The van der Waals surface area contributed by atoms with Crippen LogP contribution < -0.4 is 9.62 Å². The molecule has 0 aliphatic heterocycles. The Morgan fingerprint density at radius 2 is 1.88 bits per heavy atom. The van der Waals surface area contributed by atoms with Crippen LogP contribution >= 0.6 is 0 Å². The molecule has 1 heterocycles. The number of carbonyl (C=O) groups excluding carboxylic acids is 1. The maximum Gasteiger partial charge on any atom is 0.265 e. The summed E-state index contributed by atoms with van der Waals surface area (Å²) in [6, 6.07) is 11.4. The number of hydrogen-bond donors (Lipinski definition) is 1. The molecular formula is C18H16FN3O3S. The molecule has 0 saturated heterocycles. The van der Waals surface area contributed by atoms with Crippen molar-refractivity contribution in [3.8, 4) is 0 Å². The molecule has 6 nitrogen and oxygen atoms in total. The Morgan fingerprint density at radius 3 is 2.58 bits per heavy atom. The van der Waals surface area contributed by atoms with Gasteiger partial charge in [-0.3, -0.25) is 14.1 Å². The van der Waals surface area contributed by atoms with Crippen molar-refractivity contribution in [2.75, 3.05) is 17.9 Å². The number of halogens is 1. The van der Waals surface area contributed by atoms with Crippen LogP contribution in [0.4, 0.5) is 10.1 Å². The van der Waals surface area contributed by atoms with Crippen molar-refractivity contribution in [3.05, 3.63) is 66.7 Å². The van der Waals surface area contributed by atoms with Crippen molar-refractivity contribution >= 4 is 32.4 Å². The van der Waals surface area contributed by atoms with Gasteiger partial charge in [-0.2, -0.15) is 0 Å². The van der Waals surface area contributed by atoms with Crippen molar-refractivity contribution in [3.63, 3.8) is 0 Å². The van der Waals surface area contributed by atoms with Gasteiger partial charge in [0.25, 0.3) is 10.0 Å². The molecule has 1 amide bonds. The summed E-state index contributed by atoms with van der Waals surface area (Å²) < 4.78 is 40.8. The van der Waals surface area contributed by atoms with E-state index in [9.17, 15) is 17.6 Å². The maximum atomic E-state index is 13.3. The number of fused-ring (bicyclic) bond motifs is 1. The number of nitrogens with zero attached hydrogens (tertiary/aromatic N) is 2. The first-order valence-corrected chi connectivity index (χ1v) is 9.19. The van der Waals surface area contributed by atoms with Gasteiger partial charge in [-0.25, -0.2) is 12.8 Å². The Kier molecular flexibility index (Phi) is 4.85. The van der Waals surface area contributed by atoms with E-state index in [1.807, 2.05) is 0 Å². The first-order chi connectivity index (χ1) is 12.4. The van der Waals surface area contributed by atoms with E-state index in [0.717, 1.165) is 16.4 Å². The Labute approximate surface area is 150 Å². The van der Waals surface area contributed by atoms with E-state index < -0.39 is 28.3 Å². The number of aromatic nitrogens is 1. The molecule has 1 N–H and O–H groups in total. The number of rotatable bonds is 5.